The summed E-state index contributed by atoms with van der Waals surface area (Å²) in [6.07, 6.45) is 1.91. The number of nitrogens with zero attached hydrogens (tertiary/aromatic N) is 4. The predicted molar refractivity (Wildman–Crippen MR) is 234 cm³/mol. The molecule has 4 nitrogen and oxygen atoms in total. The van der Waals surface area contributed by atoms with Crippen LogP contribution in [0.3, 0.4) is 0 Å². The van der Waals surface area contributed by atoms with Gasteiger partial charge in [-0.25, -0.2) is 4.98 Å². The summed E-state index contributed by atoms with van der Waals surface area (Å²) in [6.45, 7) is 0. The van der Waals surface area contributed by atoms with Crippen LogP contribution in [-0.4, -0.2) is 19.1 Å². The molecule has 260 valence electrons. The molecule has 0 atom stereocenters. The number of rotatable bonds is 4. The molecule has 3 aromatic heterocycles. The van der Waals surface area contributed by atoms with Crippen LogP contribution in [0.1, 0.15) is 0 Å². The van der Waals surface area contributed by atoms with Gasteiger partial charge in [0.25, 0.3) is 0 Å². The smallest absolute Gasteiger partial charge is 0.0979 e. The highest BCUT2D eigenvalue weighted by Crippen LogP contribution is 2.42. The lowest BCUT2D eigenvalue weighted by atomic mass is 9.99. The summed E-state index contributed by atoms with van der Waals surface area (Å²) in [7, 11) is 0. The summed E-state index contributed by atoms with van der Waals surface area (Å²) in [4.78, 5) is 10.2. The van der Waals surface area contributed by atoms with Crippen molar-refractivity contribution in [2.24, 2.45) is 0 Å². The summed E-state index contributed by atoms with van der Waals surface area (Å²) >= 11 is 0. The molecular formula is C52H32N4. The number of benzene rings is 9. The zero-order chi connectivity index (χ0) is 36.7. The first-order chi connectivity index (χ1) is 27.8. The molecule has 0 bridgehead atoms. The second kappa shape index (κ2) is 12.0. The van der Waals surface area contributed by atoms with Crippen molar-refractivity contribution in [1.29, 1.82) is 0 Å². The normalized spacial score (nSPS) is 11.9. The van der Waals surface area contributed by atoms with Gasteiger partial charge in [-0.15, -0.1) is 0 Å². The van der Waals surface area contributed by atoms with E-state index >= 15 is 0 Å². The third kappa shape index (κ3) is 4.47. The number of hydrogen-bond acceptors (Lipinski definition) is 2. The Labute approximate surface area is 322 Å². The van der Waals surface area contributed by atoms with E-state index in [4.69, 9.17) is 9.97 Å². The first kappa shape index (κ1) is 30.9. The van der Waals surface area contributed by atoms with Gasteiger partial charge >= 0.3 is 0 Å². The molecule has 0 radical (unpaired) electrons. The zero-order valence-corrected chi connectivity index (χ0v) is 30.3. The third-order valence-corrected chi connectivity index (χ3v) is 11.5. The van der Waals surface area contributed by atoms with Crippen molar-refractivity contribution in [1.82, 2.24) is 19.1 Å². The van der Waals surface area contributed by atoms with Gasteiger partial charge in [-0.3, -0.25) is 4.98 Å². The highest BCUT2D eigenvalue weighted by atomic mass is 15.0. The molecule has 0 aliphatic heterocycles. The maximum atomic E-state index is 5.21. The molecule has 0 amide bonds. The largest absolute Gasteiger partial charge is 0.307 e. The van der Waals surface area contributed by atoms with Crippen molar-refractivity contribution in [3.8, 4) is 33.8 Å². The molecule has 12 aromatic rings. The molecule has 3 heterocycles. The van der Waals surface area contributed by atoms with Gasteiger partial charge in [0.2, 0.25) is 0 Å². The quantitative estimate of drug-likeness (QED) is 0.170. The second-order valence-corrected chi connectivity index (χ2v) is 14.6. The summed E-state index contributed by atoms with van der Waals surface area (Å²) < 4.78 is 4.88. The molecule has 4 heteroatoms. The van der Waals surface area contributed by atoms with Crippen LogP contribution < -0.4 is 0 Å². The van der Waals surface area contributed by atoms with E-state index in [-0.39, 0.29) is 0 Å². The molecule has 0 fully saturated rings. The molecule has 9 aromatic carbocycles. The van der Waals surface area contributed by atoms with E-state index < -0.39 is 0 Å². The minimum Gasteiger partial charge on any atom is -0.307 e. The topological polar surface area (TPSA) is 35.6 Å². The molecule has 56 heavy (non-hydrogen) atoms. The third-order valence-electron chi connectivity index (χ3n) is 11.5. The highest BCUT2D eigenvalue weighted by Gasteiger charge is 2.21. The SMILES string of the molecule is c1ccc(-n2c3ccccc3c3ccc4c5ccccc5n(-c5ccc(-c6ccc(-c7cnc8c9ccccc9c9ccccc9c8n7)cc6)cc5)c4c32)cc1. The predicted octanol–water partition coefficient (Wildman–Crippen LogP) is 13.5. The van der Waals surface area contributed by atoms with Gasteiger partial charge in [-0.1, -0.05) is 152 Å². The van der Waals surface area contributed by atoms with Crippen LogP contribution in [0, 0.1) is 0 Å². The van der Waals surface area contributed by atoms with E-state index in [2.05, 4.69) is 197 Å². The zero-order valence-electron chi connectivity index (χ0n) is 30.3. The lowest BCUT2D eigenvalue weighted by Crippen LogP contribution is -1.98. The van der Waals surface area contributed by atoms with Crippen LogP contribution in [0.25, 0.3) is 110 Å². The Kier molecular flexibility index (Phi) is 6.60. The molecule has 0 saturated carbocycles. The first-order valence-corrected chi connectivity index (χ1v) is 19.1. The van der Waals surface area contributed by atoms with Gasteiger partial charge in [-0.05, 0) is 58.3 Å². The van der Waals surface area contributed by atoms with Gasteiger partial charge in [0.05, 0.1) is 45.0 Å². The van der Waals surface area contributed by atoms with E-state index in [0.29, 0.717) is 0 Å². The van der Waals surface area contributed by atoms with Crippen LogP contribution >= 0.6 is 0 Å². The molecule has 12 rings (SSSR count). The van der Waals surface area contributed by atoms with Gasteiger partial charge in [0.15, 0.2) is 0 Å². The second-order valence-electron chi connectivity index (χ2n) is 14.6. The van der Waals surface area contributed by atoms with Gasteiger partial charge < -0.3 is 9.13 Å². The maximum absolute atomic E-state index is 5.21. The fourth-order valence-corrected chi connectivity index (χ4v) is 9.01. The molecule has 0 spiro atoms. The Morgan fingerprint density at radius 2 is 0.732 bits per heavy atom. The van der Waals surface area contributed by atoms with Crippen molar-refractivity contribution < 1.29 is 0 Å². The average Bonchev–Trinajstić information content (AvgIpc) is 3.80. The number of hydrogen-bond donors (Lipinski definition) is 0. The van der Waals surface area contributed by atoms with Crippen molar-refractivity contribution in [3.63, 3.8) is 0 Å². The van der Waals surface area contributed by atoms with Crippen LogP contribution in [0.2, 0.25) is 0 Å². The van der Waals surface area contributed by atoms with Crippen molar-refractivity contribution in [2.45, 2.75) is 0 Å². The van der Waals surface area contributed by atoms with Crippen molar-refractivity contribution in [3.05, 3.63) is 194 Å². The maximum Gasteiger partial charge on any atom is 0.0979 e. The first-order valence-electron chi connectivity index (χ1n) is 19.1. The molecule has 0 N–H and O–H groups in total. The van der Waals surface area contributed by atoms with E-state index in [1.165, 1.54) is 54.4 Å². The number of para-hydroxylation sites is 3. The highest BCUT2D eigenvalue weighted by molar-refractivity contribution is 6.24. The van der Waals surface area contributed by atoms with Gasteiger partial charge in [-0.2, -0.15) is 0 Å². The lowest BCUT2D eigenvalue weighted by molar-refractivity contribution is 1.15. The summed E-state index contributed by atoms with van der Waals surface area (Å²) in [5.74, 6) is 0. The summed E-state index contributed by atoms with van der Waals surface area (Å²) in [5, 5.41) is 9.63. The summed E-state index contributed by atoms with van der Waals surface area (Å²) in [5.41, 5.74) is 13.2. The average molecular weight is 713 g/mol. The van der Waals surface area contributed by atoms with Crippen LogP contribution in [0.4, 0.5) is 0 Å². The Morgan fingerprint density at radius 1 is 0.304 bits per heavy atom. The molecule has 0 aliphatic rings. The minimum atomic E-state index is 0.866. The van der Waals surface area contributed by atoms with Crippen LogP contribution in [0.5, 0.6) is 0 Å². The fourth-order valence-electron chi connectivity index (χ4n) is 9.01. The fraction of sp³-hybridized carbons (Fsp3) is 0. The van der Waals surface area contributed by atoms with Crippen molar-refractivity contribution >= 4 is 76.2 Å². The molecule has 0 saturated heterocycles. The molecule has 0 aliphatic carbocycles. The van der Waals surface area contributed by atoms with Gasteiger partial charge in [0.1, 0.15) is 0 Å². The van der Waals surface area contributed by atoms with Crippen LogP contribution in [-0.2, 0) is 0 Å². The van der Waals surface area contributed by atoms with E-state index in [1.54, 1.807) is 0 Å². The van der Waals surface area contributed by atoms with Gasteiger partial charge in [0, 0.05) is 49.3 Å². The standard InChI is InChI=1S/C52H32N4/c1-2-12-36(13-3-1)55-47-20-10-8-16-40(47)44-30-31-45-41-17-9-11-21-48(41)56(52(45)51(44)55)37-28-26-34(27-29-37)33-22-24-35(25-23-33)46-32-53-49-42-18-6-4-14-38(42)39-15-5-7-19-43(39)50(49)54-46/h1-32H. The van der Waals surface area contributed by atoms with E-state index in [1.807, 2.05) is 6.20 Å². The van der Waals surface area contributed by atoms with Crippen LogP contribution in [0.15, 0.2) is 194 Å². The van der Waals surface area contributed by atoms with E-state index in [9.17, 15) is 0 Å². The molecule has 0 unspecified atom stereocenters. The Bertz CT molecular complexity index is 3470. The monoisotopic (exact) mass is 712 g/mol. The Hall–Kier alpha value is -7.56. The van der Waals surface area contributed by atoms with Crippen molar-refractivity contribution in [2.75, 3.05) is 0 Å². The minimum absolute atomic E-state index is 0.866. The number of fused-ring (bicyclic) bond motifs is 13. The van der Waals surface area contributed by atoms with E-state index in [0.717, 1.165) is 55.6 Å². The Balaban J connectivity index is 0.976. The molecular weight excluding hydrogens is 681 g/mol. The lowest BCUT2D eigenvalue weighted by Gasteiger charge is -2.13. The number of aromatic nitrogens is 4. The Morgan fingerprint density at radius 3 is 1.30 bits per heavy atom. The summed E-state index contributed by atoms with van der Waals surface area (Å²) in [6, 6.07) is 67.5.